The van der Waals surface area contributed by atoms with Crippen molar-refractivity contribution in [2.75, 3.05) is 25.5 Å². The topological polar surface area (TPSA) is 73.7 Å². The molecule has 1 atom stereocenters. The highest BCUT2D eigenvalue weighted by molar-refractivity contribution is 5.91. The van der Waals surface area contributed by atoms with Gasteiger partial charge in [-0.1, -0.05) is 49.7 Å². The van der Waals surface area contributed by atoms with Crippen LogP contribution in [0.5, 0.6) is 0 Å². The van der Waals surface area contributed by atoms with Gasteiger partial charge in [-0.15, -0.1) is 0 Å². The van der Waals surface area contributed by atoms with Crippen molar-refractivity contribution in [3.63, 3.8) is 0 Å². The summed E-state index contributed by atoms with van der Waals surface area (Å²) >= 11 is 0. The number of nitrogens with zero attached hydrogens (tertiary/aromatic N) is 5. The van der Waals surface area contributed by atoms with E-state index in [9.17, 15) is 4.91 Å². The maximum Gasteiger partial charge on any atom is 0.223 e. The van der Waals surface area contributed by atoms with Crippen LogP contribution in [0.2, 0.25) is 0 Å². The first-order valence-electron chi connectivity index (χ1n) is 11.3. The number of fused-ring (bicyclic) bond motifs is 1. The van der Waals surface area contributed by atoms with Gasteiger partial charge < -0.3 is 15.1 Å². The Bertz CT molecular complexity index is 1060. The Morgan fingerprint density at radius 2 is 1.94 bits per heavy atom. The normalized spacial score (nSPS) is 17.5. The second-order valence-corrected chi connectivity index (χ2v) is 8.07. The molecule has 2 aromatic rings. The lowest BCUT2D eigenvalue weighted by Crippen LogP contribution is -2.35. The summed E-state index contributed by atoms with van der Waals surface area (Å²) in [5.74, 6) is 0.637. The van der Waals surface area contributed by atoms with E-state index in [0.29, 0.717) is 5.95 Å². The quantitative estimate of drug-likeness (QED) is 0.452. The van der Waals surface area contributed by atoms with Gasteiger partial charge in [0.25, 0.3) is 0 Å². The molecule has 3 heterocycles. The zero-order valence-electron chi connectivity index (χ0n) is 19.0. The summed E-state index contributed by atoms with van der Waals surface area (Å²) in [5, 5.41) is 6.40. The van der Waals surface area contributed by atoms with E-state index in [4.69, 9.17) is 4.98 Å². The summed E-state index contributed by atoms with van der Waals surface area (Å²) < 4.78 is 0. The van der Waals surface area contributed by atoms with Crippen LogP contribution in [0.25, 0.3) is 11.4 Å². The van der Waals surface area contributed by atoms with Crippen LogP contribution in [0.1, 0.15) is 43.5 Å². The van der Waals surface area contributed by atoms with Crippen LogP contribution in [0, 0.1) is 4.91 Å². The molecule has 32 heavy (non-hydrogen) atoms. The van der Waals surface area contributed by atoms with E-state index in [-0.39, 0.29) is 12.7 Å². The minimum Gasteiger partial charge on any atom is -0.354 e. The third kappa shape index (κ3) is 4.28. The summed E-state index contributed by atoms with van der Waals surface area (Å²) in [7, 11) is 2.08. The van der Waals surface area contributed by atoms with Crippen LogP contribution in [0.15, 0.2) is 65.6 Å². The highest BCUT2D eigenvalue weighted by Gasteiger charge is 2.37. The molecule has 7 heteroatoms. The third-order valence-corrected chi connectivity index (χ3v) is 5.92. The van der Waals surface area contributed by atoms with Crippen molar-refractivity contribution in [1.29, 1.82) is 0 Å². The number of benzene rings is 1. The molecule has 1 unspecified atom stereocenters. The minimum absolute atomic E-state index is 0.0425. The molecular formula is C25H30N6O. The number of hydrogen-bond donors (Lipinski definition) is 1. The fraction of sp³-hybridized carbons (Fsp3) is 0.360. The second kappa shape index (κ2) is 9.77. The molecule has 0 saturated carbocycles. The van der Waals surface area contributed by atoms with E-state index in [1.807, 2.05) is 18.3 Å². The van der Waals surface area contributed by atoms with Crippen molar-refractivity contribution >= 4 is 17.3 Å². The molecule has 0 bridgehead atoms. The first-order valence-corrected chi connectivity index (χ1v) is 11.3. The zero-order chi connectivity index (χ0) is 22.5. The van der Waals surface area contributed by atoms with Gasteiger partial charge in [-0.2, -0.15) is 4.91 Å². The van der Waals surface area contributed by atoms with E-state index in [1.165, 1.54) is 5.56 Å². The molecule has 166 valence electrons. The number of anilines is 1. The van der Waals surface area contributed by atoms with Crippen molar-refractivity contribution in [2.24, 2.45) is 5.18 Å². The molecule has 1 aromatic carbocycles. The number of likely N-dealkylation sites (N-methyl/N-ethyl adjacent to an activating group) is 1. The van der Waals surface area contributed by atoms with Crippen molar-refractivity contribution in [1.82, 2.24) is 19.8 Å². The van der Waals surface area contributed by atoms with Gasteiger partial charge >= 0.3 is 0 Å². The number of nitrogens with one attached hydrogen (secondary N) is 1. The van der Waals surface area contributed by atoms with Crippen molar-refractivity contribution < 1.29 is 0 Å². The van der Waals surface area contributed by atoms with Gasteiger partial charge in [-0.25, -0.2) is 9.97 Å². The maximum absolute atomic E-state index is 10.8. The molecular weight excluding hydrogens is 400 g/mol. The number of nitroso groups, excluding NO2 is 1. The molecule has 0 spiro atoms. The highest BCUT2D eigenvalue weighted by Crippen LogP contribution is 2.42. The van der Waals surface area contributed by atoms with E-state index in [0.717, 1.165) is 54.0 Å². The van der Waals surface area contributed by atoms with Crippen LogP contribution in [-0.2, 0) is 6.42 Å². The van der Waals surface area contributed by atoms with Crippen LogP contribution < -0.4 is 5.32 Å². The van der Waals surface area contributed by atoms with Gasteiger partial charge in [-0.3, -0.25) is 0 Å². The third-order valence-electron chi connectivity index (χ3n) is 5.92. The molecule has 0 fully saturated rings. The Kier molecular flexibility index (Phi) is 6.63. The van der Waals surface area contributed by atoms with Gasteiger partial charge in [0.05, 0.1) is 17.1 Å². The van der Waals surface area contributed by atoms with Gasteiger partial charge in [0.1, 0.15) is 12.7 Å². The number of unbranched alkanes of at least 4 members (excludes halogenated alkanes) is 1. The lowest BCUT2D eigenvalue weighted by atomic mass is 10.0. The standard InChI is InChI=1S/C25H30N6O/c1-4-6-13-26-25-27-14-11-21(29-25)24-23(20-9-7-18(5-2)8-10-20)30(3)22-16-19(17-28-32)12-15-31(22)24/h7-12,14-16,22H,4-6,13,17H2,1-3H3,(H,26,27,29). The summed E-state index contributed by atoms with van der Waals surface area (Å²) in [6.45, 7) is 5.34. The molecule has 7 nitrogen and oxygen atoms in total. The monoisotopic (exact) mass is 430 g/mol. The Hall–Kier alpha value is -3.48. The molecule has 2 aliphatic heterocycles. The molecule has 0 saturated heterocycles. The van der Waals surface area contributed by atoms with E-state index < -0.39 is 0 Å². The van der Waals surface area contributed by atoms with Crippen LogP contribution in [0.4, 0.5) is 5.95 Å². The summed E-state index contributed by atoms with van der Waals surface area (Å²) in [6, 6.07) is 10.7. The van der Waals surface area contributed by atoms with Crippen molar-refractivity contribution in [2.45, 2.75) is 39.3 Å². The average molecular weight is 431 g/mol. The Morgan fingerprint density at radius 3 is 2.66 bits per heavy atom. The summed E-state index contributed by atoms with van der Waals surface area (Å²) in [6.07, 6.45) is 11.0. The van der Waals surface area contributed by atoms with Gasteiger partial charge in [-0.05, 0) is 42.2 Å². The second-order valence-electron chi connectivity index (χ2n) is 8.07. The fourth-order valence-electron chi connectivity index (χ4n) is 4.14. The molecule has 0 radical (unpaired) electrons. The smallest absolute Gasteiger partial charge is 0.223 e. The average Bonchev–Trinajstić information content (AvgIpc) is 3.11. The maximum atomic E-state index is 10.8. The molecule has 2 aliphatic rings. The zero-order valence-corrected chi connectivity index (χ0v) is 19.0. The Labute approximate surface area is 189 Å². The number of rotatable bonds is 9. The first-order chi connectivity index (χ1) is 15.7. The summed E-state index contributed by atoms with van der Waals surface area (Å²) in [5.41, 5.74) is 6.32. The van der Waals surface area contributed by atoms with Crippen molar-refractivity contribution in [3.05, 3.63) is 82.2 Å². The lowest BCUT2D eigenvalue weighted by molar-refractivity contribution is 0.288. The van der Waals surface area contributed by atoms with Crippen LogP contribution in [0.3, 0.4) is 0 Å². The number of aromatic nitrogens is 2. The predicted octanol–water partition coefficient (Wildman–Crippen LogP) is 4.87. The SMILES string of the molecule is CCCCNc1nccc(C2=C(c3ccc(CC)cc3)N(C)C3C=C(CN=O)C=CN23)n1. The number of hydrogen-bond acceptors (Lipinski definition) is 7. The molecule has 0 aliphatic carbocycles. The van der Waals surface area contributed by atoms with E-state index in [1.54, 1.807) is 6.20 Å². The minimum atomic E-state index is -0.0425. The van der Waals surface area contributed by atoms with Gasteiger partial charge in [0, 0.05) is 31.6 Å². The first kappa shape index (κ1) is 21.7. The van der Waals surface area contributed by atoms with Crippen LogP contribution >= 0.6 is 0 Å². The molecule has 4 rings (SSSR count). The molecule has 1 aromatic heterocycles. The van der Waals surface area contributed by atoms with E-state index >= 15 is 0 Å². The lowest BCUT2D eigenvalue weighted by Gasteiger charge is -2.31. The Balaban J connectivity index is 1.79. The number of aryl methyl sites for hydroxylation is 1. The summed E-state index contributed by atoms with van der Waals surface area (Å²) in [4.78, 5) is 24.5. The van der Waals surface area contributed by atoms with Gasteiger partial charge in [0.2, 0.25) is 5.95 Å². The molecule has 0 amide bonds. The highest BCUT2D eigenvalue weighted by atomic mass is 16.3. The van der Waals surface area contributed by atoms with E-state index in [2.05, 4.69) is 76.5 Å². The fourth-order valence-corrected chi connectivity index (χ4v) is 4.14. The predicted molar refractivity (Wildman–Crippen MR) is 129 cm³/mol. The van der Waals surface area contributed by atoms with Crippen LogP contribution in [-0.4, -0.2) is 46.1 Å². The largest absolute Gasteiger partial charge is 0.354 e. The van der Waals surface area contributed by atoms with Crippen molar-refractivity contribution in [3.8, 4) is 0 Å². The molecule has 1 N–H and O–H groups in total. The Morgan fingerprint density at radius 1 is 1.12 bits per heavy atom. The van der Waals surface area contributed by atoms with Gasteiger partial charge in [0.15, 0.2) is 0 Å².